The minimum atomic E-state index is -0.257. The molecular formula is C12H13NO3. The number of benzene rings is 1. The van der Waals surface area contributed by atoms with Crippen molar-refractivity contribution in [3.8, 4) is 5.75 Å². The van der Waals surface area contributed by atoms with Gasteiger partial charge >= 0.3 is 0 Å². The van der Waals surface area contributed by atoms with Crippen LogP contribution in [0.3, 0.4) is 0 Å². The normalized spacial score (nSPS) is 21.1. The molecule has 1 aromatic carbocycles. The van der Waals surface area contributed by atoms with Gasteiger partial charge in [0.15, 0.2) is 0 Å². The van der Waals surface area contributed by atoms with Crippen LogP contribution in [-0.2, 0) is 0 Å². The average molecular weight is 219 g/mol. The number of fused-ring (bicyclic) bond motifs is 1. The Morgan fingerprint density at radius 1 is 1.44 bits per heavy atom. The molecule has 4 nitrogen and oxygen atoms in total. The van der Waals surface area contributed by atoms with Gasteiger partial charge in [0.05, 0.1) is 12.2 Å². The number of nitro groups is 1. The number of hydrogen-bond acceptors (Lipinski definition) is 3. The summed E-state index contributed by atoms with van der Waals surface area (Å²) in [5.74, 6) is 0.668. The fraction of sp³-hybridized carbons (Fsp3) is 0.333. The van der Waals surface area contributed by atoms with E-state index in [1.807, 2.05) is 30.3 Å². The largest absolute Gasteiger partial charge is 0.465 e. The lowest BCUT2D eigenvalue weighted by atomic mass is 9.93. The number of rotatable bonds is 2. The standard InChI is InChI=1S/C12H13NO3/c14-13(15)9-10-5-3-4-8-16-12-7-2-1-6-11(10)12/h1-2,4,6-8,10H,3,5,9H2/b8-4-. The fourth-order valence-electron chi connectivity index (χ4n) is 1.94. The number of nitrogens with zero attached hydrogens (tertiary/aromatic N) is 1. The van der Waals surface area contributed by atoms with Crippen LogP contribution >= 0.6 is 0 Å². The molecule has 0 aromatic heterocycles. The summed E-state index contributed by atoms with van der Waals surface area (Å²) in [6, 6.07) is 7.51. The van der Waals surface area contributed by atoms with Gasteiger partial charge in [-0.15, -0.1) is 0 Å². The van der Waals surface area contributed by atoms with Gasteiger partial charge in [-0.1, -0.05) is 18.2 Å². The van der Waals surface area contributed by atoms with Crippen LogP contribution in [0.1, 0.15) is 24.3 Å². The van der Waals surface area contributed by atoms with Gasteiger partial charge in [0.1, 0.15) is 5.75 Å². The summed E-state index contributed by atoms with van der Waals surface area (Å²) in [7, 11) is 0. The maximum Gasteiger partial charge on any atom is 0.210 e. The van der Waals surface area contributed by atoms with Crippen molar-refractivity contribution < 1.29 is 9.66 Å². The zero-order valence-corrected chi connectivity index (χ0v) is 8.83. The van der Waals surface area contributed by atoms with E-state index in [1.54, 1.807) is 6.26 Å². The zero-order chi connectivity index (χ0) is 11.4. The summed E-state index contributed by atoms with van der Waals surface area (Å²) in [4.78, 5) is 10.4. The summed E-state index contributed by atoms with van der Waals surface area (Å²) in [5.41, 5.74) is 0.934. The molecule has 1 aliphatic heterocycles. The number of hydrogen-bond donors (Lipinski definition) is 0. The minimum absolute atomic E-state index is 0.0335. The Labute approximate surface area is 93.7 Å². The summed E-state index contributed by atoms with van der Waals surface area (Å²) in [5, 5.41) is 10.6. The first-order valence-corrected chi connectivity index (χ1v) is 5.30. The van der Waals surface area contributed by atoms with Crippen LogP contribution in [0.4, 0.5) is 0 Å². The summed E-state index contributed by atoms with van der Waals surface area (Å²) >= 11 is 0. The van der Waals surface area contributed by atoms with Crippen LogP contribution in [0.25, 0.3) is 0 Å². The van der Waals surface area contributed by atoms with Crippen LogP contribution in [-0.4, -0.2) is 11.5 Å². The van der Waals surface area contributed by atoms with E-state index in [0.29, 0.717) is 0 Å². The average Bonchev–Trinajstić information content (AvgIpc) is 2.24. The smallest absolute Gasteiger partial charge is 0.210 e. The first-order chi connectivity index (χ1) is 7.77. The van der Waals surface area contributed by atoms with E-state index >= 15 is 0 Å². The third kappa shape index (κ3) is 2.39. The summed E-state index contributed by atoms with van der Waals surface area (Å²) < 4.78 is 5.44. The molecule has 0 spiro atoms. The van der Waals surface area contributed by atoms with Gasteiger partial charge in [0, 0.05) is 10.5 Å². The van der Waals surface area contributed by atoms with Crippen LogP contribution in [0.15, 0.2) is 36.6 Å². The van der Waals surface area contributed by atoms with Gasteiger partial charge in [-0.05, 0) is 25.0 Å². The molecule has 0 saturated heterocycles. The molecule has 2 rings (SSSR count). The summed E-state index contributed by atoms with van der Waals surface area (Å²) in [6.45, 7) is -0.0335. The van der Waals surface area contributed by atoms with Crippen molar-refractivity contribution in [2.75, 3.05) is 6.54 Å². The third-order valence-electron chi connectivity index (χ3n) is 2.70. The van der Waals surface area contributed by atoms with Crippen molar-refractivity contribution in [1.82, 2.24) is 0 Å². The van der Waals surface area contributed by atoms with Crippen LogP contribution in [0, 0.1) is 10.1 Å². The molecule has 0 amide bonds. The molecule has 84 valence electrons. The van der Waals surface area contributed by atoms with E-state index in [0.717, 1.165) is 24.2 Å². The lowest BCUT2D eigenvalue weighted by molar-refractivity contribution is -0.483. The van der Waals surface area contributed by atoms with E-state index in [4.69, 9.17) is 4.74 Å². The number of allylic oxidation sites excluding steroid dienone is 1. The summed E-state index contributed by atoms with van der Waals surface area (Å²) in [6.07, 6.45) is 5.16. The molecule has 0 fully saturated rings. The molecule has 1 unspecified atom stereocenters. The number of ether oxygens (including phenoxy) is 1. The Bertz CT molecular complexity index is 414. The van der Waals surface area contributed by atoms with Crippen molar-refractivity contribution >= 4 is 0 Å². The van der Waals surface area contributed by atoms with E-state index in [2.05, 4.69) is 0 Å². The lowest BCUT2D eigenvalue weighted by Gasteiger charge is -2.17. The molecule has 1 heterocycles. The second-order valence-corrected chi connectivity index (χ2v) is 3.82. The monoisotopic (exact) mass is 219 g/mol. The second kappa shape index (κ2) is 4.79. The van der Waals surface area contributed by atoms with Gasteiger partial charge in [0.2, 0.25) is 6.54 Å². The molecule has 1 aromatic rings. The van der Waals surface area contributed by atoms with Crippen LogP contribution in [0.5, 0.6) is 5.75 Å². The Hall–Kier alpha value is -1.84. The quantitative estimate of drug-likeness (QED) is 0.567. The SMILES string of the molecule is O=[N+]([O-])CC1CC/C=C\Oc2ccccc21. The highest BCUT2D eigenvalue weighted by atomic mass is 16.6. The Balaban J connectivity index is 2.31. The predicted molar refractivity (Wildman–Crippen MR) is 60.0 cm³/mol. The molecule has 0 bridgehead atoms. The van der Waals surface area contributed by atoms with Gasteiger partial charge in [-0.3, -0.25) is 10.1 Å². The van der Waals surface area contributed by atoms with Crippen LogP contribution < -0.4 is 4.74 Å². The first-order valence-electron chi connectivity index (χ1n) is 5.30. The van der Waals surface area contributed by atoms with E-state index in [1.165, 1.54) is 0 Å². The molecule has 0 aliphatic carbocycles. The minimum Gasteiger partial charge on any atom is -0.465 e. The van der Waals surface area contributed by atoms with E-state index in [9.17, 15) is 10.1 Å². The van der Waals surface area contributed by atoms with Gasteiger partial charge in [-0.2, -0.15) is 0 Å². The number of para-hydroxylation sites is 1. The van der Waals surface area contributed by atoms with E-state index in [-0.39, 0.29) is 17.4 Å². The molecule has 16 heavy (non-hydrogen) atoms. The van der Waals surface area contributed by atoms with Crippen LogP contribution in [0.2, 0.25) is 0 Å². The van der Waals surface area contributed by atoms with Crippen molar-refractivity contribution in [3.63, 3.8) is 0 Å². The highest BCUT2D eigenvalue weighted by molar-refractivity contribution is 5.37. The first kappa shape index (κ1) is 10.7. The van der Waals surface area contributed by atoms with E-state index < -0.39 is 0 Å². The Morgan fingerprint density at radius 3 is 3.06 bits per heavy atom. The molecule has 4 heteroatoms. The second-order valence-electron chi connectivity index (χ2n) is 3.82. The molecule has 0 radical (unpaired) electrons. The third-order valence-corrected chi connectivity index (χ3v) is 2.70. The molecule has 1 atom stereocenters. The van der Waals surface area contributed by atoms with Gasteiger partial charge in [0.25, 0.3) is 0 Å². The molecule has 1 aliphatic rings. The fourth-order valence-corrected chi connectivity index (χ4v) is 1.94. The maximum atomic E-state index is 10.6. The molecular weight excluding hydrogens is 206 g/mol. The maximum absolute atomic E-state index is 10.6. The van der Waals surface area contributed by atoms with Gasteiger partial charge in [-0.25, -0.2) is 0 Å². The molecule has 0 saturated carbocycles. The van der Waals surface area contributed by atoms with Crippen molar-refractivity contribution in [2.45, 2.75) is 18.8 Å². The highest BCUT2D eigenvalue weighted by Crippen LogP contribution is 2.31. The Morgan fingerprint density at radius 2 is 2.25 bits per heavy atom. The molecule has 0 N–H and O–H groups in total. The van der Waals surface area contributed by atoms with Gasteiger partial charge < -0.3 is 4.74 Å². The highest BCUT2D eigenvalue weighted by Gasteiger charge is 2.21. The predicted octanol–water partition coefficient (Wildman–Crippen LogP) is 2.73. The topological polar surface area (TPSA) is 52.4 Å². The zero-order valence-electron chi connectivity index (χ0n) is 8.83. The van der Waals surface area contributed by atoms with Crippen molar-refractivity contribution in [3.05, 3.63) is 52.3 Å². The van der Waals surface area contributed by atoms with Crippen molar-refractivity contribution in [2.24, 2.45) is 0 Å². The Kier molecular flexibility index (Phi) is 3.19. The lowest BCUT2D eigenvalue weighted by Crippen LogP contribution is -2.14. The van der Waals surface area contributed by atoms with Crippen molar-refractivity contribution in [1.29, 1.82) is 0 Å².